The van der Waals surface area contributed by atoms with Crippen molar-refractivity contribution < 1.29 is 0 Å². The van der Waals surface area contributed by atoms with Crippen molar-refractivity contribution in [1.82, 2.24) is 24.9 Å². The number of anilines is 1. The molecule has 2 atom stereocenters. The predicted molar refractivity (Wildman–Crippen MR) is 103 cm³/mol. The first-order valence-corrected chi connectivity index (χ1v) is 9.25. The van der Waals surface area contributed by atoms with Gasteiger partial charge in [0, 0.05) is 30.9 Å². The van der Waals surface area contributed by atoms with E-state index in [1.54, 1.807) is 4.52 Å². The molecule has 0 saturated heterocycles. The number of rotatable bonds is 6. The lowest BCUT2D eigenvalue weighted by molar-refractivity contribution is 0.0703. The maximum Gasteiger partial charge on any atom is 0.254 e. The molecule has 2 aromatic heterocycles. The van der Waals surface area contributed by atoms with E-state index in [2.05, 4.69) is 69.9 Å². The van der Waals surface area contributed by atoms with Gasteiger partial charge in [0.05, 0.1) is 0 Å². The summed E-state index contributed by atoms with van der Waals surface area (Å²) in [6.07, 6.45) is 2.73. The summed E-state index contributed by atoms with van der Waals surface area (Å²) in [6, 6.07) is 13.4. The van der Waals surface area contributed by atoms with Crippen molar-refractivity contribution in [2.24, 2.45) is 5.41 Å². The minimum atomic E-state index is 0.272. The highest BCUT2D eigenvalue weighted by Crippen LogP contribution is 2.52. The van der Waals surface area contributed by atoms with Gasteiger partial charge in [0.15, 0.2) is 0 Å². The fraction of sp³-hybridized carbons (Fsp3) is 0.450. The van der Waals surface area contributed by atoms with E-state index in [0.29, 0.717) is 17.7 Å². The molecule has 1 aromatic carbocycles. The largest absolute Gasteiger partial charge is 0.369 e. The Morgan fingerprint density at radius 3 is 2.77 bits per heavy atom. The monoisotopic (exact) mass is 350 g/mol. The van der Waals surface area contributed by atoms with Crippen molar-refractivity contribution in [3.63, 3.8) is 0 Å². The zero-order valence-corrected chi connectivity index (χ0v) is 15.6. The Hall–Kier alpha value is -2.47. The first-order valence-electron chi connectivity index (χ1n) is 9.25. The first kappa shape index (κ1) is 17.0. The lowest BCUT2D eigenvalue weighted by Gasteiger charge is -2.53. The Bertz CT molecular complexity index is 886. The topological polar surface area (TPSA) is 67.1 Å². The molecule has 0 unspecified atom stereocenters. The van der Waals surface area contributed by atoms with Crippen LogP contribution in [0.5, 0.6) is 0 Å². The molecule has 1 aliphatic carbocycles. The fourth-order valence-corrected chi connectivity index (χ4v) is 4.02. The van der Waals surface area contributed by atoms with Crippen LogP contribution >= 0.6 is 0 Å². The lowest BCUT2D eigenvalue weighted by Crippen LogP contribution is -2.56. The van der Waals surface area contributed by atoms with E-state index < -0.39 is 0 Å². The molecule has 3 aromatic rings. The van der Waals surface area contributed by atoms with Gasteiger partial charge in [-0.05, 0) is 30.2 Å². The predicted octanol–water partition coefficient (Wildman–Crippen LogP) is 3.02. The summed E-state index contributed by atoms with van der Waals surface area (Å²) in [5.41, 5.74) is 2.66. The van der Waals surface area contributed by atoms with Crippen LogP contribution in [0.3, 0.4) is 0 Å². The van der Waals surface area contributed by atoms with Crippen LogP contribution in [0.1, 0.15) is 37.4 Å². The van der Waals surface area contributed by atoms with Crippen LogP contribution in [0.4, 0.5) is 5.82 Å². The Kier molecular flexibility index (Phi) is 4.36. The highest BCUT2D eigenvalue weighted by atomic mass is 15.3. The molecule has 1 aliphatic rings. The van der Waals surface area contributed by atoms with Crippen LogP contribution in [0, 0.1) is 12.3 Å². The van der Waals surface area contributed by atoms with Gasteiger partial charge in [-0.25, -0.2) is 4.98 Å². The van der Waals surface area contributed by atoms with Crippen LogP contribution in [-0.4, -0.2) is 38.7 Å². The standard InChI is InChI=1S/C20H26N6/c1-14-11-18(26-19(25-14)23-13-24-26)22-10-9-21-17-12-16(20(17,2)3)15-7-5-4-6-8-15/h4-8,11,13,16-17,21-22H,9-10,12H2,1-3H3/t16-,17+/m0/s1. The molecule has 6 nitrogen and oxygen atoms in total. The molecule has 1 fully saturated rings. The molecule has 26 heavy (non-hydrogen) atoms. The molecular weight excluding hydrogens is 324 g/mol. The lowest BCUT2D eigenvalue weighted by atomic mass is 9.56. The van der Waals surface area contributed by atoms with E-state index in [-0.39, 0.29) is 5.41 Å². The summed E-state index contributed by atoms with van der Waals surface area (Å²) in [5.74, 6) is 2.19. The van der Waals surface area contributed by atoms with Gasteiger partial charge in [-0.3, -0.25) is 0 Å². The molecule has 2 N–H and O–H groups in total. The minimum Gasteiger partial charge on any atom is -0.369 e. The Labute approximate surface area is 154 Å². The molecule has 0 amide bonds. The average molecular weight is 350 g/mol. The normalized spacial score (nSPS) is 21.5. The van der Waals surface area contributed by atoms with Gasteiger partial charge < -0.3 is 10.6 Å². The van der Waals surface area contributed by atoms with Crippen molar-refractivity contribution in [3.05, 3.63) is 54.0 Å². The number of nitrogens with one attached hydrogen (secondary N) is 2. The molecule has 2 heterocycles. The molecule has 4 rings (SSSR count). The molecule has 0 bridgehead atoms. The van der Waals surface area contributed by atoms with E-state index in [1.165, 1.54) is 18.3 Å². The van der Waals surface area contributed by atoms with Crippen LogP contribution < -0.4 is 10.6 Å². The first-order chi connectivity index (χ1) is 12.6. The summed E-state index contributed by atoms with van der Waals surface area (Å²) in [7, 11) is 0. The van der Waals surface area contributed by atoms with Gasteiger partial charge in [-0.15, -0.1) is 0 Å². The van der Waals surface area contributed by atoms with Crippen LogP contribution in [-0.2, 0) is 0 Å². The second kappa shape index (κ2) is 6.68. The highest BCUT2D eigenvalue weighted by molar-refractivity contribution is 5.44. The summed E-state index contributed by atoms with van der Waals surface area (Å²) in [5, 5.41) is 11.4. The van der Waals surface area contributed by atoms with E-state index in [0.717, 1.165) is 24.6 Å². The van der Waals surface area contributed by atoms with E-state index >= 15 is 0 Å². The smallest absolute Gasteiger partial charge is 0.254 e. The molecule has 136 valence electrons. The van der Waals surface area contributed by atoms with Crippen molar-refractivity contribution in [2.75, 3.05) is 18.4 Å². The number of benzene rings is 1. The SMILES string of the molecule is Cc1cc(NCCN[C@@H]2C[C@@H](c3ccccc3)C2(C)C)n2ncnc2n1. The zero-order chi connectivity index (χ0) is 18.1. The maximum absolute atomic E-state index is 4.37. The average Bonchev–Trinajstić information content (AvgIpc) is 3.09. The van der Waals surface area contributed by atoms with Crippen molar-refractivity contribution in [3.8, 4) is 0 Å². The second-order valence-corrected chi connectivity index (χ2v) is 7.71. The van der Waals surface area contributed by atoms with Gasteiger partial charge in [0.1, 0.15) is 12.1 Å². The summed E-state index contributed by atoms with van der Waals surface area (Å²) in [6.45, 7) is 8.45. The second-order valence-electron chi connectivity index (χ2n) is 7.71. The van der Waals surface area contributed by atoms with Gasteiger partial charge in [0.25, 0.3) is 5.78 Å². The van der Waals surface area contributed by atoms with Gasteiger partial charge in [-0.1, -0.05) is 44.2 Å². The molecular formula is C20H26N6. The van der Waals surface area contributed by atoms with Gasteiger partial charge in [-0.2, -0.15) is 14.6 Å². The molecule has 0 spiro atoms. The quantitative estimate of drug-likeness (QED) is 0.669. The van der Waals surface area contributed by atoms with Crippen molar-refractivity contribution in [2.45, 2.75) is 39.2 Å². The van der Waals surface area contributed by atoms with Crippen LogP contribution in [0.15, 0.2) is 42.7 Å². The highest BCUT2D eigenvalue weighted by Gasteiger charge is 2.48. The minimum absolute atomic E-state index is 0.272. The molecule has 0 aliphatic heterocycles. The third-order valence-corrected chi connectivity index (χ3v) is 5.67. The summed E-state index contributed by atoms with van der Waals surface area (Å²) in [4.78, 5) is 8.53. The van der Waals surface area contributed by atoms with E-state index in [4.69, 9.17) is 0 Å². The number of nitrogens with zero attached hydrogens (tertiary/aromatic N) is 4. The number of hydrogen-bond donors (Lipinski definition) is 2. The Balaban J connectivity index is 1.31. The van der Waals surface area contributed by atoms with Gasteiger partial charge >= 0.3 is 0 Å². The van der Waals surface area contributed by atoms with Crippen LogP contribution in [0.25, 0.3) is 5.78 Å². The van der Waals surface area contributed by atoms with E-state index in [1.807, 2.05) is 13.0 Å². The third-order valence-electron chi connectivity index (χ3n) is 5.67. The molecule has 1 saturated carbocycles. The van der Waals surface area contributed by atoms with Crippen LogP contribution in [0.2, 0.25) is 0 Å². The number of hydrogen-bond acceptors (Lipinski definition) is 5. The third kappa shape index (κ3) is 3.05. The van der Waals surface area contributed by atoms with Crippen molar-refractivity contribution >= 4 is 11.6 Å². The van der Waals surface area contributed by atoms with E-state index in [9.17, 15) is 0 Å². The number of fused-ring (bicyclic) bond motifs is 1. The molecule has 6 heteroatoms. The molecule has 0 radical (unpaired) electrons. The zero-order valence-electron chi connectivity index (χ0n) is 15.6. The number of aromatic nitrogens is 4. The Morgan fingerprint density at radius 1 is 1.19 bits per heavy atom. The van der Waals surface area contributed by atoms with Crippen molar-refractivity contribution in [1.29, 1.82) is 0 Å². The summed E-state index contributed by atoms with van der Waals surface area (Å²) >= 11 is 0. The maximum atomic E-state index is 4.37. The number of aryl methyl sites for hydroxylation is 1. The Morgan fingerprint density at radius 2 is 2.00 bits per heavy atom. The van der Waals surface area contributed by atoms with Gasteiger partial charge in [0.2, 0.25) is 0 Å². The summed E-state index contributed by atoms with van der Waals surface area (Å²) < 4.78 is 1.74. The fourth-order valence-electron chi connectivity index (χ4n) is 4.02.